The largest absolute Gasteiger partial charge is 0.497 e. The quantitative estimate of drug-likeness (QED) is 0.346. The highest BCUT2D eigenvalue weighted by molar-refractivity contribution is 8.26. The molecule has 1 saturated heterocycles. The molecule has 5 nitrogen and oxygen atoms in total. The van der Waals surface area contributed by atoms with Gasteiger partial charge in [0.1, 0.15) is 15.8 Å². The van der Waals surface area contributed by atoms with E-state index in [1.165, 1.54) is 16.7 Å². The molecule has 7 heteroatoms. The maximum Gasteiger partial charge on any atom is 0.343 e. The zero-order valence-electron chi connectivity index (χ0n) is 14.1. The summed E-state index contributed by atoms with van der Waals surface area (Å²) in [4.78, 5) is 26.2. The molecular weight excluding hydrogens is 370 g/mol. The Morgan fingerprint density at radius 1 is 1.08 bits per heavy atom. The van der Waals surface area contributed by atoms with E-state index in [1.807, 2.05) is 0 Å². The van der Waals surface area contributed by atoms with Crippen molar-refractivity contribution in [3.8, 4) is 11.5 Å². The fourth-order valence-electron chi connectivity index (χ4n) is 2.22. The Kier molecular flexibility index (Phi) is 5.39. The molecule has 3 rings (SSSR count). The highest BCUT2D eigenvalue weighted by Crippen LogP contribution is 2.31. The summed E-state index contributed by atoms with van der Waals surface area (Å²) in [6.45, 7) is 0. The van der Waals surface area contributed by atoms with Gasteiger partial charge in [0.25, 0.3) is 5.91 Å². The SMILES string of the molecule is COc1ccc(C(=O)Oc2ccc(/C=C3\SC(=S)N(C)C3=O)cc2)cc1. The monoisotopic (exact) mass is 385 g/mol. The minimum absolute atomic E-state index is 0.116. The van der Waals surface area contributed by atoms with Crippen LogP contribution in [0.1, 0.15) is 15.9 Å². The molecule has 0 spiro atoms. The number of thioether (sulfide) groups is 1. The van der Waals surface area contributed by atoms with Crippen LogP contribution in [0.3, 0.4) is 0 Å². The molecule has 2 aromatic carbocycles. The standard InChI is InChI=1S/C19H15NO4S2/c1-20-17(21)16(26-19(20)25)11-12-3-7-15(8-4-12)24-18(22)13-5-9-14(23-2)10-6-13/h3-11H,1-2H3/b16-11-. The van der Waals surface area contributed by atoms with Gasteiger partial charge < -0.3 is 9.47 Å². The molecule has 1 amide bonds. The van der Waals surface area contributed by atoms with Gasteiger partial charge >= 0.3 is 5.97 Å². The molecule has 2 aromatic rings. The van der Waals surface area contributed by atoms with Crippen LogP contribution in [-0.2, 0) is 4.79 Å². The summed E-state index contributed by atoms with van der Waals surface area (Å²) < 4.78 is 10.9. The van der Waals surface area contributed by atoms with Gasteiger partial charge in [-0.25, -0.2) is 4.79 Å². The molecule has 1 heterocycles. The number of rotatable bonds is 4. The Bertz CT molecular complexity index is 889. The van der Waals surface area contributed by atoms with Crippen molar-refractivity contribution in [2.45, 2.75) is 0 Å². The van der Waals surface area contributed by atoms with E-state index < -0.39 is 5.97 Å². The predicted octanol–water partition coefficient (Wildman–Crippen LogP) is 3.75. The first-order valence-corrected chi connectivity index (χ1v) is 8.88. The lowest BCUT2D eigenvalue weighted by Crippen LogP contribution is -2.22. The van der Waals surface area contributed by atoms with Crippen LogP contribution in [0.4, 0.5) is 0 Å². The van der Waals surface area contributed by atoms with E-state index in [0.29, 0.717) is 26.3 Å². The number of hydrogen-bond donors (Lipinski definition) is 0. The highest BCUT2D eigenvalue weighted by atomic mass is 32.2. The van der Waals surface area contributed by atoms with Gasteiger partial charge in [0.15, 0.2) is 0 Å². The van der Waals surface area contributed by atoms with Crippen LogP contribution < -0.4 is 9.47 Å². The number of amides is 1. The van der Waals surface area contributed by atoms with Gasteiger partial charge in [0.05, 0.1) is 17.6 Å². The maximum atomic E-state index is 12.1. The fourth-order valence-corrected chi connectivity index (χ4v) is 3.40. The molecule has 132 valence electrons. The molecule has 0 aromatic heterocycles. The van der Waals surface area contributed by atoms with E-state index in [-0.39, 0.29) is 5.91 Å². The summed E-state index contributed by atoms with van der Waals surface area (Å²) in [6, 6.07) is 13.6. The number of hydrogen-bond acceptors (Lipinski definition) is 6. The number of carbonyl (C=O) groups is 2. The van der Waals surface area contributed by atoms with E-state index in [0.717, 1.165) is 5.56 Å². The van der Waals surface area contributed by atoms with Crippen molar-refractivity contribution in [1.29, 1.82) is 0 Å². The van der Waals surface area contributed by atoms with Gasteiger partial charge in [-0.3, -0.25) is 9.69 Å². The Balaban J connectivity index is 1.68. The molecule has 26 heavy (non-hydrogen) atoms. The molecule has 1 fully saturated rings. The van der Waals surface area contributed by atoms with E-state index >= 15 is 0 Å². The lowest BCUT2D eigenvalue weighted by Gasteiger charge is -2.06. The molecule has 0 radical (unpaired) electrons. The number of benzene rings is 2. The zero-order chi connectivity index (χ0) is 18.7. The summed E-state index contributed by atoms with van der Waals surface area (Å²) >= 11 is 6.37. The van der Waals surface area contributed by atoms with Gasteiger partial charge in [0, 0.05) is 7.05 Å². The van der Waals surface area contributed by atoms with Gasteiger partial charge in [-0.1, -0.05) is 36.1 Å². The first-order valence-electron chi connectivity index (χ1n) is 7.66. The van der Waals surface area contributed by atoms with E-state index in [1.54, 1.807) is 68.8 Å². The van der Waals surface area contributed by atoms with Gasteiger partial charge in [0.2, 0.25) is 0 Å². The molecule has 0 aliphatic carbocycles. The molecule has 0 atom stereocenters. The van der Waals surface area contributed by atoms with Crippen molar-refractivity contribution < 1.29 is 19.1 Å². The minimum Gasteiger partial charge on any atom is -0.497 e. The molecular formula is C19H15NO4S2. The normalized spacial score (nSPS) is 15.5. The first-order chi connectivity index (χ1) is 12.5. The van der Waals surface area contributed by atoms with Crippen LogP contribution in [0.25, 0.3) is 6.08 Å². The van der Waals surface area contributed by atoms with E-state index in [2.05, 4.69) is 0 Å². The first kappa shape index (κ1) is 18.2. The zero-order valence-corrected chi connectivity index (χ0v) is 15.7. The number of thiocarbonyl (C=S) groups is 1. The molecule has 1 aliphatic heterocycles. The topological polar surface area (TPSA) is 55.8 Å². The number of methoxy groups -OCH3 is 1. The van der Waals surface area contributed by atoms with E-state index in [4.69, 9.17) is 21.7 Å². The van der Waals surface area contributed by atoms with Gasteiger partial charge in [-0.2, -0.15) is 0 Å². The third-order valence-electron chi connectivity index (χ3n) is 3.70. The average molecular weight is 385 g/mol. The molecule has 0 unspecified atom stereocenters. The second kappa shape index (κ2) is 7.72. The van der Waals surface area contributed by atoms with Crippen LogP contribution in [0.5, 0.6) is 11.5 Å². The summed E-state index contributed by atoms with van der Waals surface area (Å²) in [5.74, 6) is 0.525. The number of carbonyl (C=O) groups excluding carboxylic acids is 2. The van der Waals surface area contributed by atoms with Crippen LogP contribution in [-0.4, -0.2) is 35.3 Å². The summed E-state index contributed by atoms with van der Waals surface area (Å²) in [5, 5.41) is 0. The van der Waals surface area contributed by atoms with Crippen molar-refractivity contribution in [2.75, 3.05) is 14.2 Å². The van der Waals surface area contributed by atoms with Crippen molar-refractivity contribution in [3.63, 3.8) is 0 Å². The second-order valence-electron chi connectivity index (χ2n) is 5.43. The number of esters is 1. The van der Waals surface area contributed by atoms with Crippen LogP contribution in [0.2, 0.25) is 0 Å². The molecule has 0 N–H and O–H groups in total. The van der Waals surface area contributed by atoms with E-state index in [9.17, 15) is 9.59 Å². The summed E-state index contributed by atoms with van der Waals surface area (Å²) in [6.07, 6.45) is 1.76. The summed E-state index contributed by atoms with van der Waals surface area (Å²) in [5.41, 5.74) is 1.25. The van der Waals surface area contributed by atoms with Gasteiger partial charge in [-0.15, -0.1) is 0 Å². The van der Waals surface area contributed by atoms with Crippen molar-refractivity contribution in [3.05, 3.63) is 64.6 Å². The van der Waals surface area contributed by atoms with Crippen molar-refractivity contribution >= 4 is 46.3 Å². The average Bonchev–Trinajstić information content (AvgIpc) is 2.90. The van der Waals surface area contributed by atoms with Crippen LogP contribution >= 0.6 is 24.0 Å². The lowest BCUT2D eigenvalue weighted by atomic mass is 10.2. The van der Waals surface area contributed by atoms with Crippen molar-refractivity contribution in [2.24, 2.45) is 0 Å². The Morgan fingerprint density at radius 3 is 2.23 bits per heavy atom. The predicted molar refractivity (Wildman–Crippen MR) is 105 cm³/mol. The van der Waals surface area contributed by atoms with Crippen LogP contribution in [0.15, 0.2) is 53.4 Å². The summed E-state index contributed by atoms with van der Waals surface area (Å²) in [7, 11) is 3.22. The van der Waals surface area contributed by atoms with Crippen LogP contribution in [0, 0.1) is 0 Å². The third-order valence-corrected chi connectivity index (χ3v) is 5.19. The third kappa shape index (κ3) is 3.95. The lowest BCUT2D eigenvalue weighted by molar-refractivity contribution is -0.121. The fraction of sp³-hybridized carbons (Fsp3) is 0.105. The number of nitrogens with zero attached hydrogens (tertiary/aromatic N) is 1. The smallest absolute Gasteiger partial charge is 0.343 e. The molecule has 0 bridgehead atoms. The molecule has 1 aliphatic rings. The van der Waals surface area contributed by atoms with Gasteiger partial charge in [-0.05, 0) is 48.0 Å². The molecule has 0 saturated carbocycles. The Morgan fingerprint density at radius 2 is 1.69 bits per heavy atom. The second-order valence-corrected chi connectivity index (χ2v) is 7.10. The Labute approximate surface area is 160 Å². The minimum atomic E-state index is -0.452. The number of ether oxygens (including phenoxy) is 2. The number of likely N-dealkylation sites (N-methyl/N-ethyl adjacent to an activating group) is 1. The highest BCUT2D eigenvalue weighted by Gasteiger charge is 2.28. The van der Waals surface area contributed by atoms with Crippen molar-refractivity contribution in [1.82, 2.24) is 4.90 Å². The maximum absolute atomic E-state index is 12.1. The Hall–Kier alpha value is -2.64.